The standard InChI is InChI=1S/C12H17N3S2/c1-8-13-11(17-15-8)14-10(12(2,3)4)9-6-5-7-16-9/h5-7,10H,1-4H3,(H,13,14,15). The quantitative estimate of drug-likeness (QED) is 0.909. The third-order valence-electron chi connectivity index (χ3n) is 2.49. The molecule has 1 N–H and O–H groups in total. The van der Waals surface area contributed by atoms with Crippen LogP contribution in [0.25, 0.3) is 0 Å². The van der Waals surface area contributed by atoms with Gasteiger partial charge in [-0.25, -0.2) is 4.98 Å². The van der Waals surface area contributed by atoms with Crippen LogP contribution >= 0.6 is 22.9 Å². The van der Waals surface area contributed by atoms with Gasteiger partial charge in [-0.05, 0) is 23.8 Å². The number of aryl methyl sites for hydroxylation is 1. The van der Waals surface area contributed by atoms with E-state index in [0.717, 1.165) is 11.0 Å². The summed E-state index contributed by atoms with van der Waals surface area (Å²) in [6, 6.07) is 4.53. The molecular formula is C12H17N3S2. The van der Waals surface area contributed by atoms with Gasteiger partial charge >= 0.3 is 0 Å². The molecule has 0 aliphatic carbocycles. The van der Waals surface area contributed by atoms with Gasteiger partial charge < -0.3 is 5.32 Å². The highest BCUT2D eigenvalue weighted by molar-refractivity contribution is 7.10. The molecule has 0 fully saturated rings. The number of nitrogens with zero attached hydrogens (tertiary/aromatic N) is 2. The van der Waals surface area contributed by atoms with Gasteiger partial charge in [-0.1, -0.05) is 26.8 Å². The van der Waals surface area contributed by atoms with E-state index in [9.17, 15) is 0 Å². The predicted octanol–water partition coefficient (Wildman–Crippen LogP) is 4.11. The van der Waals surface area contributed by atoms with Crippen molar-refractivity contribution < 1.29 is 0 Å². The minimum absolute atomic E-state index is 0.143. The van der Waals surface area contributed by atoms with Crippen molar-refractivity contribution in [2.75, 3.05) is 5.32 Å². The molecule has 0 saturated heterocycles. The number of anilines is 1. The van der Waals surface area contributed by atoms with Gasteiger partial charge in [0.15, 0.2) is 0 Å². The van der Waals surface area contributed by atoms with Gasteiger partial charge in [-0.15, -0.1) is 11.3 Å². The maximum atomic E-state index is 4.37. The number of rotatable bonds is 3. The largest absolute Gasteiger partial charge is 0.352 e. The Labute approximate surface area is 110 Å². The summed E-state index contributed by atoms with van der Waals surface area (Å²) in [6.07, 6.45) is 0. The number of hydrogen-bond donors (Lipinski definition) is 1. The molecule has 5 heteroatoms. The molecule has 0 aliphatic rings. The van der Waals surface area contributed by atoms with Crippen LogP contribution in [-0.4, -0.2) is 9.36 Å². The molecule has 0 spiro atoms. The molecule has 0 radical (unpaired) electrons. The first-order valence-corrected chi connectivity index (χ1v) is 7.22. The molecule has 17 heavy (non-hydrogen) atoms. The van der Waals surface area contributed by atoms with Crippen molar-refractivity contribution in [1.29, 1.82) is 0 Å². The van der Waals surface area contributed by atoms with Gasteiger partial charge in [-0.3, -0.25) is 0 Å². The first-order valence-electron chi connectivity index (χ1n) is 5.57. The SMILES string of the molecule is Cc1nsc(NC(c2cccs2)C(C)(C)C)n1. The van der Waals surface area contributed by atoms with Gasteiger partial charge in [0.25, 0.3) is 0 Å². The molecule has 1 atom stereocenters. The molecular weight excluding hydrogens is 250 g/mol. The second-order valence-electron chi connectivity index (χ2n) is 5.11. The minimum atomic E-state index is 0.143. The Morgan fingerprint density at radius 2 is 2.12 bits per heavy atom. The summed E-state index contributed by atoms with van der Waals surface area (Å²) >= 11 is 3.20. The molecule has 0 aliphatic heterocycles. The van der Waals surface area contributed by atoms with Crippen molar-refractivity contribution >= 4 is 28.0 Å². The number of thiophene rings is 1. The lowest BCUT2D eigenvalue weighted by Crippen LogP contribution is -2.24. The zero-order chi connectivity index (χ0) is 12.5. The van der Waals surface area contributed by atoms with Gasteiger partial charge in [0.1, 0.15) is 5.82 Å². The Morgan fingerprint density at radius 1 is 1.35 bits per heavy atom. The van der Waals surface area contributed by atoms with Crippen molar-refractivity contribution in [2.24, 2.45) is 5.41 Å². The summed E-state index contributed by atoms with van der Waals surface area (Å²) in [5.41, 5.74) is 0.143. The van der Waals surface area contributed by atoms with Crippen molar-refractivity contribution in [3.05, 3.63) is 28.2 Å². The summed E-state index contributed by atoms with van der Waals surface area (Å²) in [5, 5.41) is 6.51. The average molecular weight is 267 g/mol. The van der Waals surface area contributed by atoms with Crippen molar-refractivity contribution in [1.82, 2.24) is 9.36 Å². The van der Waals surface area contributed by atoms with Crippen LogP contribution in [0.15, 0.2) is 17.5 Å². The Hall–Kier alpha value is -0.940. The van der Waals surface area contributed by atoms with Crippen LogP contribution in [0, 0.1) is 12.3 Å². The van der Waals surface area contributed by atoms with Crippen molar-refractivity contribution in [3.8, 4) is 0 Å². The van der Waals surface area contributed by atoms with Gasteiger partial charge in [0.05, 0.1) is 6.04 Å². The Bertz CT molecular complexity index is 468. The molecule has 3 nitrogen and oxygen atoms in total. The van der Waals surface area contributed by atoms with Gasteiger partial charge in [-0.2, -0.15) is 4.37 Å². The number of aromatic nitrogens is 2. The van der Waals surface area contributed by atoms with Crippen molar-refractivity contribution in [2.45, 2.75) is 33.7 Å². The van der Waals surface area contributed by atoms with E-state index in [4.69, 9.17) is 0 Å². The lowest BCUT2D eigenvalue weighted by Gasteiger charge is -2.30. The fourth-order valence-electron chi connectivity index (χ4n) is 1.65. The second-order valence-corrected chi connectivity index (χ2v) is 6.84. The first-order chi connectivity index (χ1) is 7.97. The predicted molar refractivity (Wildman–Crippen MR) is 74.8 cm³/mol. The third-order valence-corrected chi connectivity index (χ3v) is 4.16. The summed E-state index contributed by atoms with van der Waals surface area (Å²) < 4.78 is 4.20. The van der Waals surface area contributed by atoms with E-state index in [1.165, 1.54) is 16.4 Å². The highest BCUT2D eigenvalue weighted by Gasteiger charge is 2.27. The molecule has 0 bridgehead atoms. The van der Waals surface area contributed by atoms with Crippen LogP contribution in [0.3, 0.4) is 0 Å². The fraction of sp³-hybridized carbons (Fsp3) is 0.500. The maximum Gasteiger partial charge on any atom is 0.203 e. The normalized spacial score (nSPS) is 13.6. The molecule has 1 unspecified atom stereocenters. The molecule has 92 valence electrons. The molecule has 0 aromatic carbocycles. The summed E-state index contributed by atoms with van der Waals surface area (Å²) in [6.45, 7) is 8.62. The summed E-state index contributed by atoms with van der Waals surface area (Å²) in [5.74, 6) is 0.830. The average Bonchev–Trinajstić information content (AvgIpc) is 2.83. The van der Waals surface area contributed by atoms with Crippen molar-refractivity contribution in [3.63, 3.8) is 0 Å². The lowest BCUT2D eigenvalue weighted by atomic mass is 9.86. The van der Waals surface area contributed by atoms with E-state index < -0.39 is 0 Å². The zero-order valence-electron chi connectivity index (χ0n) is 10.5. The highest BCUT2D eigenvalue weighted by Crippen LogP contribution is 2.38. The number of hydrogen-bond acceptors (Lipinski definition) is 5. The van der Waals surface area contributed by atoms with Crippen LogP contribution in [-0.2, 0) is 0 Å². The van der Waals surface area contributed by atoms with E-state index >= 15 is 0 Å². The Balaban J connectivity index is 2.23. The molecule has 2 aromatic heterocycles. The van der Waals surface area contributed by atoms with Gasteiger partial charge in [0, 0.05) is 16.4 Å². The lowest BCUT2D eigenvalue weighted by molar-refractivity contribution is 0.351. The Kier molecular flexibility index (Phi) is 3.49. The van der Waals surface area contributed by atoms with Crippen LogP contribution in [0.5, 0.6) is 0 Å². The number of nitrogens with one attached hydrogen (secondary N) is 1. The van der Waals surface area contributed by atoms with Crippen LogP contribution in [0.1, 0.15) is 37.5 Å². The van der Waals surface area contributed by atoms with Gasteiger partial charge in [0.2, 0.25) is 5.13 Å². The molecule has 2 rings (SSSR count). The van der Waals surface area contributed by atoms with E-state index in [2.05, 4.69) is 53.0 Å². The first kappa shape index (κ1) is 12.5. The second kappa shape index (κ2) is 4.74. The van der Waals surface area contributed by atoms with E-state index in [-0.39, 0.29) is 11.5 Å². The smallest absolute Gasteiger partial charge is 0.203 e. The summed E-state index contributed by atoms with van der Waals surface area (Å²) in [4.78, 5) is 5.71. The zero-order valence-corrected chi connectivity index (χ0v) is 12.2. The molecule has 2 aromatic rings. The molecule has 0 amide bonds. The van der Waals surface area contributed by atoms with E-state index in [1.807, 2.05) is 6.92 Å². The van der Waals surface area contributed by atoms with E-state index in [1.54, 1.807) is 11.3 Å². The maximum absolute atomic E-state index is 4.37. The molecule has 2 heterocycles. The van der Waals surface area contributed by atoms with Crippen LogP contribution in [0.4, 0.5) is 5.13 Å². The highest BCUT2D eigenvalue weighted by atomic mass is 32.1. The fourth-order valence-corrected chi connectivity index (χ4v) is 3.27. The Morgan fingerprint density at radius 3 is 2.59 bits per heavy atom. The van der Waals surface area contributed by atoms with E-state index in [0.29, 0.717) is 0 Å². The van der Waals surface area contributed by atoms with Crippen LogP contribution < -0.4 is 5.32 Å². The monoisotopic (exact) mass is 267 g/mol. The van der Waals surface area contributed by atoms with Crippen LogP contribution in [0.2, 0.25) is 0 Å². The third kappa shape index (κ3) is 3.04. The topological polar surface area (TPSA) is 37.8 Å². The summed E-state index contributed by atoms with van der Waals surface area (Å²) in [7, 11) is 0. The minimum Gasteiger partial charge on any atom is -0.352 e. The molecule has 0 saturated carbocycles.